The Hall–Kier alpha value is -3.13. The molecule has 0 bridgehead atoms. The highest BCUT2D eigenvalue weighted by molar-refractivity contribution is 9.09. The zero-order valence-corrected chi connectivity index (χ0v) is 29.4. The lowest BCUT2D eigenvalue weighted by Gasteiger charge is -2.20. The van der Waals surface area contributed by atoms with E-state index in [0.717, 1.165) is 63.2 Å². The summed E-state index contributed by atoms with van der Waals surface area (Å²) in [6.07, 6.45) is 21.5. The SMILES string of the molecule is CCC(C)c1ccncc1.CCC(CC(C)c1cc[n+](CCCCCC(=O)O)cc1)c1ccncc1.O=C(O)CCCCCBr.[2HH]. The number of rotatable bonds is 18. The van der Waals surface area contributed by atoms with Crippen molar-refractivity contribution in [3.8, 4) is 0 Å². The van der Waals surface area contributed by atoms with Crippen molar-refractivity contribution >= 4 is 27.9 Å². The molecule has 3 atom stereocenters. The Balaban J connectivity index is 0.000000830. The van der Waals surface area contributed by atoms with Crippen LogP contribution in [0.2, 0.25) is 0 Å². The van der Waals surface area contributed by atoms with Gasteiger partial charge in [0.15, 0.2) is 12.4 Å². The van der Waals surface area contributed by atoms with E-state index in [4.69, 9.17) is 10.2 Å². The molecular weight excluding hydrogens is 630 g/mol. The van der Waals surface area contributed by atoms with Gasteiger partial charge in [0.05, 0.1) is 0 Å². The number of aromatic nitrogens is 3. The lowest BCUT2D eigenvalue weighted by Crippen LogP contribution is -2.32. The maximum atomic E-state index is 10.5. The molecule has 3 unspecified atom stereocenters. The van der Waals surface area contributed by atoms with E-state index in [2.05, 4.69) is 107 Å². The Labute approximate surface area is 281 Å². The Morgan fingerprint density at radius 1 is 0.711 bits per heavy atom. The molecule has 0 spiro atoms. The molecule has 0 aliphatic rings. The van der Waals surface area contributed by atoms with E-state index in [9.17, 15) is 9.59 Å². The molecule has 0 aliphatic heterocycles. The van der Waals surface area contributed by atoms with Crippen molar-refractivity contribution in [1.82, 2.24) is 9.97 Å². The molecule has 3 aromatic rings. The fraction of sp³-hybridized carbons (Fsp3) is 0.541. The quantitative estimate of drug-likeness (QED) is 0.0784. The summed E-state index contributed by atoms with van der Waals surface area (Å²) in [5.41, 5.74) is 4.14. The zero-order chi connectivity index (χ0) is 33.3. The molecule has 3 heterocycles. The number of alkyl halides is 1. The number of aliphatic carboxylic acids is 2. The van der Waals surface area contributed by atoms with E-state index in [1.54, 1.807) is 0 Å². The summed E-state index contributed by atoms with van der Waals surface area (Å²) in [6.45, 7) is 9.93. The molecule has 0 fully saturated rings. The van der Waals surface area contributed by atoms with Crippen LogP contribution < -0.4 is 4.57 Å². The van der Waals surface area contributed by atoms with Gasteiger partial charge in [-0.25, -0.2) is 4.57 Å². The van der Waals surface area contributed by atoms with Crippen LogP contribution in [0.5, 0.6) is 0 Å². The smallest absolute Gasteiger partial charge is 0.303 e. The molecule has 0 amide bonds. The number of carboxylic acids is 2. The van der Waals surface area contributed by atoms with Crippen LogP contribution in [0, 0.1) is 0 Å². The highest BCUT2D eigenvalue weighted by atomic mass is 79.9. The zero-order valence-electron chi connectivity index (χ0n) is 27.8. The molecule has 3 rings (SSSR count). The third-order valence-corrected chi connectivity index (χ3v) is 8.57. The summed E-state index contributed by atoms with van der Waals surface area (Å²) < 4.78 is 2.19. The lowest BCUT2D eigenvalue weighted by molar-refractivity contribution is -0.697. The Morgan fingerprint density at radius 2 is 1.20 bits per heavy atom. The van der Waals surface area contributed by atoms with Crippen LogP contribution in [-0.2, 0) is 16.1 Å². The van der Waals surface area contributed by atoms with Gasteiger partial charge in [-0.15, -0.1) is 0 Å². The van der Waals surface area contributed by atoms with Crippen LogP contribution in [0.25, 0.3) is 0 Å². The molecule has 0 saturated heterocycles. The molecule has 3 aromatic heterocycles. The molecule has 250 valence electrons. The van der Waals surface area contributed by atoms with Crippen LogP contribution in [0.3, 0.4) is 0 Å². The van der Waals surface area contributed by atoms with E-state index in [1.807, 2.05) is 24.8 Å². The highest BCUT2D eigenvalue weighted by Crippen LogP contribution is 2.31. The van der Waals surface area contributed by atoms with Gasteiger partial charge >= 0.3 is 11.9 Å². The van der Waals surface area contributed by atoms with Gasteiger partial charge in [0, 0.05) is 62.9 Å². The molecule has 45 heavy (non-hydrogen) atoms. The molecular formula is C37H57BrN3O4+. The largest absolute Gasteiger partial charge is 0.481 e. The van der Waals surface area contributed by atoms with Crippen LogP contribution in [0.1, 0.15) is 134 Å². The van der Waals surface area contributed by atoms with Crippen molar-refractivity contribution in [2.45, 2.75) is 123 Å². The fourth-order valence-corrected chi connectivity index (χ4v) is 5.30. The second-order valence-corrected chi connectivity index (χ2v) is 12.4. The number of aryl methyl sites for hydroxylation is 1. The number of carboxylic acid groups (broad SMARTS) is 2. The highest BCUT2D eigenvalue weighted by Gasteiger charge is 2.16. The minimum absolute atomic E-state index is 0. The first-order valence-corrected chi connectivity index (χ1v) is 17.6. The van der Waals surface area contributed by atoms with Gasteiger partial charge in [0.2, 0.25) is 0 Å². The van der Waals surface area contributed by atoms with Crippen LogP contribution in [0.15, 0.2) is 73.6 Å². The van der Waals surface area contributed by atoms with Crippen LogP contribution >= 0.6 is 15.9 Å². The maximum Gasteiger partial charge on any atom is 0.303 e. The Bertz CT molecular complexity index is 1170. The van der Waals surface area contributed by atoms with Gasteiger partial charge in [-0.2, -0.15) is 0 Å². The minimum atomic E-state index is -0.701. The van der Waals surface area contributed by atoms with Crippen LogP contribution in [-0.4, -0.2) is 37.4 Å². The van der Waals surface area contributed by atoms with E-state index in [-0.39, 0.29) is 7.85 Å². The molecule has 2 N–H and O–H groups in total. The minimum Gasteiger partial charge on any atom is -0.481 e. The second kappa shape index (κ2) is 25.1. The number of pyridine rings is 3. The summed E-state index contributed by atoms with van der Waals surface area (Å²) in [7, 11) is 0. The average molecular weight is 689 g/mol. The third kappa shape index (κ3) is 19.1. The molecule has 7 nitrogen and oxygen atoms in total. The van der Waals surface area contributed by atoms with Gasteiger partial charge in [0.1, 0.15) is 6.54 Å². The van der Waals surface area contributed by atoms with Crippen molar-refractivity contribution in [1.29, 1.82) is 0 Å². The first-order chi connectivity index (χ1) is 21.7. The standard InChI is InChI=1S/C22H30N2O2.C9H13N.C6H11BrO2.H2/c1-3-19(21-8-12-23-13-9-21)17-18(2)20-10-15-24(16-11-20)14-6-4-5-7-22(25)26;1-3-8(2)9-4-6-10-7-5-9;7-5-3-1-2-4-6(8)9;/h8-13,15-16,18-19H,3-7,14,17H2,1-2H3;4-8H,3H2,1-2H3;1-5H2,(H,8,9);1H/p+1/i;;;1+1. The maximum absolute atomic E-state index is 10.5. The molecule has 0 radical (unpaired) electrons. The number of nitrogens with zero attached hydrogens (tertiary/aromatic N) is 3. The van der Waals surface area contributed by atoms with Crippen molar-refractivity contribution < 1.29 is 25.8 Å². The van der Waals surface area contributed by atoms with E-state index >= 15 is 0 Å². The summed E-state index contributed by atoms with van der Waals surface area (Å²) >= 11 is 3.27. The molecule has 0 aliphatic carbocycles. The van der Waals surface area contributed by atoms with Gasteiger partial charge in [-0.3, -0.25) is 19.6 Å². The summed E-state index contributed by atoms with van der Waals surface area (Å²) in [5.74, 6) is 0.355. The first kappa shape index (κ1) is 39.9. The number of unbranched alkanes of at least 4 members (excludes halogenated alkanes) is 4. The Morgan fingerprint density at radius 3 is 1.67 bits per heavy atom. The van der Waals surface area contributed by atoms with Gasteiger partial charge in [-0.05, 0) is 104 Å². The summed E-state index contributed by atoms with van der Waals surface area (Å²) in [6, 6.07) is 12.9. The third-order valence-electron chi connectivity index (χ3n) is 8.01. The van der Waals surface area contributed by atoms with E-state index < -0.39 is 11.9 Å². The van der Waals surface area contributed by atoms with Crippen molar-refractivity contribution in [2.75, 3.05) is 5.33 Å². The number of carbonyl (C=O) groups is 2. The monoisotopic (exact) mass is 687 g/mol. The van der Waals surface area contributed by atoms with Crippen molar-refractivity contribution in [3.63, 3.8) is 0 Å². The predicted octanol–water partition coefficient (Wildman–Crippen LogP) is 9.57. The number of halogens is 1. The normalized spacial score (nSPS) is 12.5. The van der Waals surface area contributed by atoms with Gasteiger partial charge < -0.3 is 10.2 Å². The molecule has 8 heteroatoms. The van der Waals surface area contributed by atoms with Gasteiger partial charge in [-0.1, -0.05) is 50.0 Å². The number of hydrogen-bond acceptors (Lipinski definition) is 4. The lowest BCUT2D eigenvalue weighted by atomic mass is 9.85. The van der Waals surface area contributed by atoms with Crippen molar-refractivity contribution in [3.05, 3.63) is 90.3 Å². The van der Waals surface area contributed by atoms with E-state index in [0.29, 0.717) is 24.2 Å². The summed E-state index contributed by atoms with van der Waals surface area (Å²) in [4.78, 5) is 28.5. The van der Waals surface area contributed by atoms with Crippen molar-refractivity contribution in [2.24, 2.45) is 0 Å². The fourth-order valence-electron chi connectivity index (χ4n) is 4.91. The predicted molar refractivity (Wildman–Crippen MR) is 188 cm³/mol. The van der Waals surface area contributed by atoms with Crippen LogP contribution in [0.4, 0.5) is 0 Å². The molecule has 0 saturated carbocycles. The molecule has 0 aromatic carbocycles. The second-order valence-electron chi connectivity index (χ2n) is 11.6. The Kier molecular flexibility index (Phi) is 22.3. The summed E-state index contributed by atoms with van der Waals surface area (Å²) in [5, 5.41) is 17.8. The van der Waals surface area contributed by atoms with Gasteiger partial charge in [0.25, 0.3) is 0 Å². The topological polar surface area (TPSA) is 104 Å². The number of hydrogen-bond donors (Lipinski definition) is 2. The first-order valence-electron chi connectivity index (χ1n) is 16.5. The average Bonchev–Trinajstić information content (AvgIpc) is 3.06. The van der Waals surface area contributed by atoms with E-state index in [1.165, 1.54) is 23.1 Å².